The van der Waals surface area contributed by atoms with E-state index in [9.17, 15) is 0 Å². The highest BCUT2D eigenvalue weighted by Gasteiger charge is 2.15. The first-order valence-corrected chi connectivity index (χ1v) is 8.49. The fourth-order valence-electron chi connectivity index (χ4n) is 2.97. The van der Waals surface area contributed by atoms with Crippen molar-refractivity contribution in [2.45, 2.75) is 32.2 Å². The summed E-state index contributed by atoms with van der Waals surface area (Å²) in [7, 11) is 1.97. The van der Waals surface area contributed by atoms with Crippen LogP contribution >= 0.6 is 0 Å². The number of aromatic nitrogens is 3. The molecule has 3 aromatic rings. The zero-order valence-electron chi connectivity index (χ0n) is 14.3. The third-order valence-electron chi connectivity index (χ3n) is 4.22. The Balaban J connectivity index is 1.79. The third kappa shape index (κ3) is 4.02. The average molecular weight is 320 g/mol. The van der Waals surface area contributed by atoms with Gasteiger partial charge in [0.2, 0.25) is 0 Å². The molecule has 1 N–H and O–H groups in total. The molecule has 0 aliphatic carbocycles. The number of benzene rings is 1. The Kier molecular flexibility index (Phi) is 5.26. The van der Waals surface area contributed by atoms with Crippen LogP contribution in [0.2, 0.25) is 0 Å². The molecular weight excluding hydrogens is 296 g/mol. The van der Waals surface area contributed by atoms with Crippen LogP contribution in [0.4, 0.5) is 5.69 Å². The minimum atomic E-state index is 0.251. The van der Waals surface area contributed by atoms with Crippen molar-refractivity contribution >= 4 is 5.69 Å². The molecule has 1 unspecified atom stereocenters. The van der Waals surface area contributed by atoms with Gasteiger partial charge < -0.3 is 5.32 Å². The summed E-state index contributed by atoms with van der Waals surface area (Å²) in [5, 5.41) is 8.24. The number of hydrogen-bond donors (Lipinski definition) is 1. The van der Waals surface area contributed by atoms with Crippen molar-refractivity contribution in [2.75, 3.05) is 5.32 Å². The van der Waals surface area contributed by atoms with E-state index in [0.29, 0.717) is 0 Å². The second-order valence-electron chi connectivity index (χ2n) is 6.02. The highest BCUT2D eigenvalue weighted by atomic mass is 15.3. The summed E-state index contributed by atoms with van der Waals surface area (Å²) in [5.74, 6) is 0. The number of pyridine rings is 1. The first kappa shape index (κ1) is 16.2. The second kappa shape index (κ2) is 7.77. The van der Waals surface area contributed by atoms with Crippen molar-refractivity contribution in [1.29, 1.82) is 0 Å². The van der Waals surface area contributed by atoms with Gasteiger partial charge in [0, 0.05) is 25.6 Å². The molecule has 0 saturated carbocycles. The van der Waals surface area contributed by atoms with Crippen molar-refractivity contribution in [3.63, 3.8) is 0 Å². The molecule has 1 aromatic carbocycles. The monoisotopic (exact) mass is 320 g/mol. The molecule has 0 radical (unpaired) electrons. The third-order valence-corrected chi connectivity index (χ3v) is 4.22. The molecule has 0 amide bonds. The van der Waals surface area contributed by atoms with Crippen LogP contribution in [0.1, 0.15) is 36.2 Å². The maximum atomic E-state index is 4.54. The van der Waals surface area contributed by atoms with Gasteiger partial charge in [-0.1, -0.05) is 43.3 Å². The topological polar surface area (TPSA) is 42.7 Å². The molecule has 1 atom stereocenters. The van der Waals surface area contributed by atoms with Crippen LogP contribution in [0.3, 0.4) is 0 Å². The molecule has 3 rings (SSSR count). The quantitative estimate of drug-likeness (QED) is 0.710. The summed E-state index contributed by atoms with van der Waals surface area (Å²) >= 11 is 0. The normalized spacial score (nSPS) is 12.1. The van der Waals surface area contributed by atoms with Crippen LogP contribution in [-0.4, -0.2) is 14.8 Å². The predicted molar refractivity (Wildman–Crippen MR) is 97.9 cm³/mol. The number of aryl methyl sites for hydroxylation is 3. The summed E-state index contributed by atoms with van der Waals surface area (Å²) in [6.45, 7) is 2.14. The molecule has 0 aliphatic rings. The molecule has 24 heavy (non-hydrogen) atoms. The van der Waals surface area contributed by atoms with Crippen molar-refractivity contribution < 1.29 is 0 Å². The average Bonchev–Trinajstić information content (AvgIpc) is 2.99. The van der Waals surface area contributed by atoms with Crippen LogP contribution in [-0.2, 0) is 19.9 Å². The Morgan fingerprint density at radius 1 is 1.12 bits per heavy atom. The number of hydrogen-bond acceptors (Lipinski definition) is 3. The Bertz CT molecular complexity index is 750. The van der Waals surface area contributed by atoms with Crippen LogP contribution in [0.5, 0.6) is 0 Å². The molecule has 0 fully saturated rings. The van der Waals surface area contributed by atoms with Gasteiger partial charge >= 0.3 is 0 Å². The Morgan fingerprint density at radius 3 is 2.67 bits per heavy atom. The first-order chi connectivity index (χ1) is 11.8. The van der Waals surface area contributed by atoms with E-state index in [0.717, 1.165) is 30.6 Å². The van der Waals surface area contributed by atoms with E-state index in [-0.39, 0.29) is 6.04 Å². The SMILES string of the molecule is CCc1nn(C)cc1NC(CCc1cccnc1)c1ccccc1. The van der Waals surface area contributed by atoms with Crippen LogP contribution < -0.4 is 5.32 Å². The fraction of sp³-hybridized carbons (Fsp3) is 0.300. The lowest BCUT2D eigenvalue weighted by molar-refractivity contribution is 0.690. The van der Waals surface area contributed by atoms with E-state index in [1.54, 1.807) is 0 Å². The van der Waals surface area contributed by atoms with Gasteiger partial charge in [0.1, 0.15) is 0 Å². The van der Waals surface area contributed by atoms with Crippen molar-refractivity contribution in [2.24, 2.45) is 7.05 Å². The van der Waals surface area contributed by atoms with Crippen LogP contribution in [0.25, 0.3) is 0 Å². The standard InChI is InChI=1S/C20H24N4/c1-3-18-20(15-24(2)23-18)22-19(17-9-5-4-6-10-17)12-11-16-8-7-13-21-14-16/h4-10,13-15,19,22H,3,11-12H2,1-2H3. The molecule has 124 valence electrons. The lowest BCUT2D eigenvalue weighted by Gasteiger charge is -2.20. The first-order valence-electron chi connectivity index (χ1n) is 8.49. The summed E-state index contributed by atoms with van der Waals surface area (Å²) in [5.41, 5.74) is 4.80. The number of nitrogens with one attached hydrogen (secondary N) is 1. The molecule has 4 nitrogen and oxygen atoms in total. The summed E-state index contributed by atoms with van der Waals surface area (Å²) in [4.78, 5) is 4.22. The second-order valence-corrected chi connectivity index (χ2v) is 6.02. The van der Waals surface area contributed by atoms with Crippen LogP contribution in [0, 0.1) is 0 Å². The van der Waals surface area contributed by atoms with E-state index in [4.69, 9.17) is 0 Å². The zero-order chi connectivity index (χ0) is 16.8. The van der Waals surface area contributed by atoms with Gasteiger partial charge in [-0.15, -0.1) is 0 Å². The van der Waals surface area contributed by atoms with E-state index in [1.165, 1.54) is 11.1 Å². The smallest absolute Gasteiger partial charge is 0.0853 e. The lowest BCUT2D eigenvalue weighted by atomic mass is 9.99. The van der Waals surface area contributed by atoms with Crippen molar-refractivity contribution in [1.82, 2.24) is 14.8 Å². The predicted octanol–water partition coefficient (Wildman–Crippen LogP) is 4.16. The van der Waals surface area contributed by atoms with Crippen molar-refractivity contribution in [3.8, 4) is 0 Å². The lowest BCUT2D eigenvalue weighted by Crippen LogP contribution is -2.12. The Hall–Kier alpha value is -2.62. The van der Waals surface area contributed by atoms with Gasteiger partial charge in [0.15, 0.2) is 0 Å². The molecule has 2 aromatic heterocycles. The number of rotatable bonds is 7. The van der Waals surface area contributed by atoms with Gasteiger partial charge in [-0.25, -0.2) is 0 Å². The van der Waals surface area contributed by atoms with E-state index >= 15 is 0 Å². The highest BCUT2D eigenvalue weighted by Crippen LogP contribution is 2.26. The van der Waals surface area contributed by atoms with Gasteiger partial charge in [-0.3, -0.25) is 9.67 Å². The highest BCUT2D eigenvalue weighted by molar-refractivity contribution is 5.48. The fourth-order valence-corrected chi connectivity index (χ4v) is 2.97. The van der Waals surface area contributed by atoms with E-state index in [1.807, 2.05) is 30.2 Å². The summed E-state index contributed by atoms with van der Waals surface area (Å²) in [6.07, 6.45) is 8.76. The van der Waals surface area contributed by atoms with Gasteiger partial charge in [-0.05, 0) is 36.5 Å². The number of nitrogens with zero attached hydrogens (tertiary/aromatic N) is 3. The minimum absolute atomic E-state index is 0.251. The van der Waals surface area contributed by atoms with E-state index < -0.39 is 0 Å². The van der Waals surface area contributed by atoms with Gasteiger partial charge in [0.05, 0.1) is 17.4 Å². The molecule has 0 saturated heterocycles. The maximum Gasteiger partial charge on any atom is 0.0853 e. The van der Waals surface area contributed by atoms with Crippen molar-refractivity contribution in [3.05, 3.63) is 77.9 Å². The molecule has 0 spiro atoms. The van der Waals surface area contributed by atoms with Gasteiger partial charge in [-0.2, -0.15) is 5.10 Å². The van der Waals surface area contributed by atoms with Gasteiger partial charge in [0.25, 0.3) is 0 Å². The van der Waals surface area contributed by atoms with Crippen LogP contribution in [0.15, 0.2) is 61.1 Å². The molecule has 4 heteroatoms. The largest absolute Gasteiger partial charge is 0.375 e. The molecule has 0 bridgehead atoms. The Labute approximate surface area is 143 Å². The summed E-state index contributed by atoms with van der Waals surface area (Å²) < 4.78 is 1.88. The molecular formula is C20H24N4. The molecule has 0 aliphatic heterocycles. The van der Waals surface area contributed by atoms with E-state index in [2.05, 4.69) is 64.9 Å². The summed E-state index contributed by atoms with van der Waals surface area (Å²) in [6, 6.07) is 15.0. The Morgan fingerprint density at radius 2 is 1.96 bits per heavy atom. The zero-order valence-corrected chi connectivity index (χ0v) is 14.3. The minimum Gasteiger partial charge on any atom is -0.375 e. The number of anilines is 1. The molecule has 2 heterocycles. The maximum absolute atomic E-state index is 4.54.